The molecule has 104 valence electrons. The fourth-order valence-corrected chi connectivity index (χ4v) is 1.91. The Kier molecular flexibility index (Phi) is 5.59. The molecule has 2 amide bonds. The van der Waals surface area contributed by atoms with Gasteiger partial charge >= 0.3 is 0 Å². The minimum Gasteiger partial charge on any atom is -0.356 e. The summed E-state index contributed by atoms with van der Waals surface area (Å²) < 4.78 is 0. The van der Waals surface area contributed by atoms with Crippen LogP contribution in [-0.4, -0.2) is 30.4 Å². The van der Waals surface area contributed by atoms with Gasteiger partial charge in [-0.3, -0.25) is 9.59 Å². The Hall–Kier alpha value is -1.10. The van der Waals surface area contributed by atoms with Crippen molar-refractivity contribution < 1.29 is 9.59 Å². The molecule has 0 radical (unpaired) electrons. The van der Waals surface area contributed by atoms with E-state index in [1.165, 1.54) is 0 Å². The molecule has 18 heavy (non-hydrogen) atoms. The van der Waals surface area contributed by atoms with Crippen molar-refractivity contribution in [1.82, 2.24) is 10.6 Å². The number of carbonyl (C=O) groups excluding carboxylic acids is 2. The van der Waals surface area contributed by atoms with Gasteiger partial charge in [-0.15, -0.1) is 0 Å². The molecule has 5 heteroatoms. The summed E-state index contributed by atoms with van der Waals surface area (Å²) in [7, 11) is 0. The van der Waals surface area contributed by atoms with Gasteiger partial charge in [0, 0.05) is 31.5 Å². The summed E-state index contributed by atoms with van der Waals surface area (Å²) in [6, 6.07) is 0. The lowest BCUT2D eigenvalue weighted by Crippen LogP contribution is -2.50. The summed E-state index contributed by atoms with van der Waals surface area (Å²) in [6.07, 6.45) is 3.67. The fraction of sp³-hybridized carbons (Fsp3) is 0.846. The molecule has 0 aromatic rings. The Morgan fingerprint density at radius 3 is 2.39 bits per heavy atom. The van der Waals surface area contributed by atoms with Crippen LogP contribution >= 0.6 is 0 Å². The number of amides is 2. The van der Waals surface area contributed by atoms with E-state index in [4.69, 9.17) is 5.73 Å². The van der Waals surface area contributed by atoms with Crippen molar-refractivity contribution in [3.8, 4) is 0 Å². The lowest BCUT2D eigenvalue weighted by Gasteiger charge is -2.37. The molecule has 4 N–H and O–H groups in total. The van der Waals surface area contributed by atoms with Gasteiger partial charge in [-0.2, -0.15) is 0 Å². The molecule has 1 aliphatic rings. The molecule has 5 nitrogen and oxygen atoms in total. The lowest BCUT2D eigenvalue weighted by atomic mass is 9.75. The van der Waals surface area contributed by atoms with E-state index in [0.29, 0.717) is 31.8 Å². The molecule has 0 aromatic heterocycles. The molecule has 0 unspecified atom stereocenters. The summed E-state index contributed by atoms with van der Waals surface area (Å²) in [4.78, 5) is 23.0. The van der Waals surface area contributed by atoms with E-state index in [-0.39, 0.29) is 17.4 Å². The summed E-state index contributed by atoms with van der Waals surface area (Å²) >= 11 is 0. The zero-order chi connectivity index (χ0) is 13.6. The van der Waals surface area contributed by atoms with Crippen LogP contribution in [0.5, 0.6) is 0 Å². The molecule has 0 saturated heterocycles. The van der Waals surface area contributed by atoms with Gasteiger partial charge in [0.1, 0.15) is 0 Å². The Labute approximate surface area is 109 Å². The summed E-state index contributed by atoms with van der Waals surface area (Å²) in [5.41, 5.74) is 5.69. The predicted octanol–water partition coefficient (Wildman–Crippen LogP) is 0.536. The van der Waals surface area contributed by atoms with E-state index in [1.807, 2.05) is 13.8 Å². The number of carbonyl (C=O) groups is 2. The number of nitrogens with two attached hydrogens (primary N) is 1. The Morgan fingerprint density at radius 1 is 1.22 bits per heavy atom. The number of nitrogens with one attached hydrogen (secondary N) is 2. The maximum Gasteiger partial charge on any atom is 0.221 e. The molecule has 1 aliphatic carbocycles. The van der Waals surface area contributed by atoms with Crippen LogP contribution in [0.2, 0.25) is 0 Å². The third-order valence-corrected chi connectivity index (χ3v) is 3.24. The minimum atomic E-state index is -0.288. The van der Waals surface area contributed by atoms with Crippen LogP contribution < -0.4 is 16.4 Å². The highest BCUT2D eigenvalue weighted by atomic mass is 16.2. The Balaban J connectivity index is 2.06. The summed E-state index contributed by atoms with van der Waals surface area (Å²) in [6.45, 7) is 5.15. The number of hydrogen-bond donors (Lipinski definition) is 3. The number of hydrogen-bond acceptors (Lipinski definition) is 3. The van der Waals surface area contributed by atoms with Crippen molar-refractivity contribution in [2.45, 2.75) is 51.5 Å². The molecule has 1 fully saturated rings. The molecular weight excluding hydrogens is 230 g/mol. The van der Waals surface area contributed by atoms with Gasteiger partial charge in [-0.1, -0.05) is 13.8 Å². The highest BCUT2D eigenvalue weighted by Gasteiger charge is 2.34. The number of rotatable bonds is 7. The quantitative estimate of drug-likeness (QED) is 0.620. The van der Waals surface area contributed by atoms with Crippen LogP contribution in [0.1, 0.15) is 46.0 Å². The van der Waals surface area contributed by atoms with Gasteiger partial charge < -0.3 is 16.4 Å². The molecule has 0 spiro atoms. The topological polar surface area (TPSA) is 84.2 Å². The zero-order valence-corrected chi connectivity index (χ0v) is 11.4. The van der Waals surface area contributed by atoms with E-state index >= 15 is 0 Å². The van der Waals surface area contributed by atoms with Gasteiger partial charge in [0.2, 0.25) is 11.8 Å². The van der Waals surface area contributed by atoms with E-state index in [1.54, 1.807) is 0 Å². The van der Waals surface area contributed by atoms with Crippen molar-refractivity contribution in [1.29, 1.82) is 0 Å². The molecule has 0 atom stereocenters. The van der Waals surface area contributed by atoms with Crippen molar-refractivity contribution in [2.75, 3.05) is 13.1 Å². The summed E-state index contributed by atoms with van der Waals surface area (Å²) in [5, 5.41) is 5.56. The second-order valence-electron chi connectivity index (χ2n) is 5.69. The van der Waals surface area contributed by atoms with Crippen molar-refractivity contribution >= 4 is 11.8 Å². The first-order chi connectivity index (χ1) is 8.41. The Morgan fingerprint density at radius 2 is 1.89 bits per heavy atom. The fourth-order valence-electron chi connectivity index (χ4n) is 1.91. The highest BCUT2D eigenvalue weighted by molar-refractivity contribution is 5.79. The molecule has 1 rings (SSSR count). The highest BCUT2D eigenvalue weighted by Crippen LogP contribution is 2.31. The molecule has 1 saturated carbocycles. The van der Waals surface area contributed by atoms with E-state index < -0.39 is 0 Å². The molecule has 0 heterocycles. The third-order valence-electron chi connectivity index (χ3n) is 3.24. The first kappa shape index (κ1) is 15.0. The smallest absolute Gasteiger partial charge is 0.221 e. The van der Waals surface area contributed by atoms with Crippen LogP contribution in [0, 0.1) is 5.92 Å². The van der Waals surface area contributed by atoms with Crippen LogP contribution in [0.4, 0.5) is 0 Å². The van der Waals surface area contributed by atoms with Crippen LogP contribution in [0.25, 0.3) is 0 Å². The average molecular weight is 255 g/mol. The van der Waals surface area contributed by atoms with Crippen molar-refractivity contribution in [2.24, 2.45) is 11.7 Å². The van der Waals surface area contributed by atoms with Crippen molar-refractivity contribution in [3.63, 3.8) is 0 Å². The van der Waals surface area contributed by atoms with E-state index in [2.05, 4.69) is 10.6 Å². The predicted molar refractivity (Wildman–Crippen MR) is 70.9 cm³/mol. The first-order valence-electron chi connectivity index (χ1n) is 6.73. The zero-order valence-electron chi connectivity index (χ0n) is 11.4. The maximum absolute atomic E-state index is 11.6. The Bertz CT molecular complexity index is 299. The second kappa shape index (κ2) is 6.73. The van der Waals surface area contributed by atoms with Gasteiger partial charge in [-0.05, 0) is 25.2 Å². The lowest BCUT2D eigenvalue weighted by molar-refractivity contribution is -0.123. The largest absolute Gasteiger partial charge is 0.356 e. The van der Waals surface area contributed by atoms with Crippen LogP contribution in [0.3, 0.4) is 0 Å². The van der Waals surface area contributed by atoms with Crippen LogP contribution in [0.15, 0.2) is 0 Å². The van der Waals surface area contributed by atoms with E-state index in [9.17, 15) is 9.59 Å². The SMILES string of the molecule is CC(C)CNC(=O)CCNC(=O)CC1(N)CCC1. The monoisotopic (exact) mass is 255 g/mol. The average Bonchev–Trinajstić information content (AvgIpc) is 2.24. The normalized spacial score (nSPS) is 17.1. The molecule has 0 aromatic carbocycles. The molecular formula is C13H25N3O2. The molecule has 0 aliphatic heterocycles. The van der Waals surface area contributed by atoms with Crippen LogP contribution in [-0.2, 0) is 9.59 Å². The minimum absolute atomic E-state index is 0.0184. The summed E-state index contributed by atoms with van der Waals surface area (Å²) in [5.74, 6) is 0.378. The second-order valence-corrected chi connectivity index (χ2v) is 5.69. The van der Waals surface area contributed by atoms with Crippen molar-refractivity contribution in [3.05, 3.63) is 0 Å². The third kappa shape index (κ3) is 5.49. The van der Waals surface area contributed by atoms with Gasteiger partial charge in [0.25, 0.3) is 0 Å². The maximum atomic E-state index is 11.6. The standard InChI is InChI=1S/C13H25N3O2/c1-10(2)9-16-11(17)4-7-15-12(18)8-13(14)5-3-6-13/h10H,3-9,14H2,1-2H3,(H,15,18)(H,16,17). The van der Waals surface area contributed by atoms with Gasteiger partial charge in [0.05, 0.1) is 0 Å². The van der Waals surface area contributed by atoms with Gasteiger partial charge in [0.15, 0.2) is 0 Å². The molecule has 0 bridgehead atoms. The van der Waals surface area contributed by atoms with E-state index in [0.717, 1.165) is 19.3 Å². The van der Waals surface area contributed by atoms with Gasteiger partial charge in [-0.25, -0.2) is 0 Å². The first-order valence-corrected chi connectivity index (χ1v) is 6.73.